The lowest BCUT2D eigenvalue weighted by Crippen LogP contribution is -2.48. The van der Waals surface area contributed by atoms with E-state index in [0.29, 0.717) is 11.6 Å². The van der Waals surface area contributed by atoms with E-state index in [9.17, 15) is 9.59 Å². The number of hydrogen-bond donors (Lipinski definition) is 0. The molecule has 1 aliphatic carbocycles. The number of aromatic nitrogens is 2. The molecule has 174 valence electrons. The van der Waals surface area contributed by atoms with Crippen LogP contribution in [0.15, 0.2) is 9.64 Å². The van der Waals surface area contributed by atoms with Crippen LogP contribution in [0.3, 0.4) is 0 Å². The molecule has 8 nitrogen and oxygen atoms in total. The molecule has 31 heavy (non-hydrogen) atoms. The third-order valence-electron chi connectivity index (χ3n) is 6.04. The van der Waals surface area contributed by atoms with Gasteiger partial charge in [0.25, 0.3) is 11.1 Å². The fraction of sp³-hybridized carbons (Fsp3) is 0.818. The maximum atomic E-state index is 13.2. The van der Waals surface area contributed by atoms with Crippen LogP contribution in [0.2, 0.25) is 0 Å². The van der Waals surface area contributed by atoms with Crippen molar-refractivity contribution in [1.82, 2.24) is 20.0 Å². The minimum absolute atomic E-state index is 0.0176. The minimum atomic E-state index is -0.541. The van der Waals surface area contributed by atoms with Crippen molar-refractivity contribution in [1.29, 1.82) is 0 Å². The number of thioether (sulfide) groups is 1. The lowest BCUT2D eigenvalue weighted by Gasteiger charge is -2.36. The summed E-state index contributed by atoms with van der Waals surface area (Å²) >= 11 is 1.48. The van der Waals surface area contributed by atoms with Gasteiger partial charge in [-0.2, -0.15) is 0 Å². The Morgan fingerprint density at radius 3 is 2.65 bits per heavy atom. The number of carbonyl (C=O) groups is 2. The molecule has 0 N–H and O–H groups in total. The van der Waals surface area contributed by atoms with Gasteiger partial charge in [0.2, 0.25) is 12.2 Å². The van der Waals surface area contributed by atoms with Gasteiger partial charge in [-0.1, -0.05) is 44.9 Å². The summed E-state index contributed by atoms with van der Waals surface area (Å²) in [5, 5.41) is 8.50. The van der Waals surface area contributed by atoms with Gasteiger partial charge in [-0.3, -0.25) is 14.5 Å². The number of morpholine rings is 1. The van der Waals surface area contributed by atoms with Crippen LogP contribution in [-0.4, -0.2) is 82.9 Å². The van der Waals surface area contributed by atoms with Crippen molar-refractivity contribution in [3.8, 4) is 0 Å². The van der Waals surface area contributed by atoms with E-state index in [1.807, 2.05) is 0 Å². The Kier molecular flexibility index (Phi) is 9.80. The lowest BCUT2D eigenvalue weighted by atomic mass is 9.91. The smallest absolute Gasteiger partial charge is 0.286 e. The third-order valence-corrected chi connectivity index (χ3v) is 6.95. The molecule has 1 atom stereocenters. The zero-order chi connectivity index (χ0) is 22.1. The molecule has 1 amide bonds. The average molecular weight is 453 g/mol. The predicted octanol–water partition coefficient (Wildman–Crippen LogP) is 3.27. The van der Waals surface area contributed by atoms with E-state index in [4.69, 9.17) is 9.15 Å². The van der Waals surface area contributed by atoms with Gasteiger partial charge in [0.05, 0.1) is 13.2 Å². The van der Waals surface area contributed by atoms with E-state index in [-0.39, 0.29) is 23.6 Å². The van der Waals surface area contributed by atoms with Crippen molar-refractivity contribution < 1.29 is 18.7 Å². The Balaban J connectivity index is 1.56. The van der Waals surface area contributed by atoms with Crippen molar-refractivity contribution in [2.45, 2.75) is 76.1 Å². The normalized spacial score (nSPS) is 19.5. The van der Waals surface area contributed by atoms with Crippen LogP contribution in [0.4, 0.5) is 0 Å². The molecule has 2 aliphatic rings. The molecule has 1 aliphatic heterocycles. The predicted molar refractivity (Wildman–Crippen MR) is 119 cm³/mol. The van der Waals surface area contributed by atoms with E-state index in [1.165, 1.54) is 18.2 Å². The number of hydrogen-bond acceptors (Lipinski definition) is 8. The van der Waals surface area contributed by atoms with Crippen LogP contribution in [0.25, 0.3) is 0 Å². The van der Waals surface area contributed by atoms with Crippen LogP contribution < -0.4 is 0 Å². The number of carbonyl (C=O) groups excluding carboxylic acids is 2. The number of ether oxygens (including phenoxy) is 1. The van der Waals surface area contributed by atoms with Crippen LogP contribution in [0.1, 0.15) is 69.5 Å². The second-order valence-electron chi connectivity index (χ2n) is 8.88. The largest absolute Gasteiger partial charge is 0.408 e. The lowest BCUT2D eigenvalue weighted by molar-refractivity contribution is -0.122. The van der Waals surface area contributed by atoms with E-state index in [1.54, 1.807) is 4.90 Å². The Labute approximate surface area is 189 Å². The molecule has 1 aromatic rings. The molecular weight excluding hydrogens is 416 g/mol. The number of nitrogens with zero attached hydrogens (tertiary/aromatic N) is 4. The Morgan fingerprint density at radius 1 is 1.23 bits per heavy atom. The molecule has 0 spiro atoms. The van der Waals surface area contributed by atoms with Gasteiger partial charge in [-0.25, -0.2) is 0 Å². The highest BCUT2D eigenvalue weighted by molar-refractivity contribution is 7.99. The fourth-order valence-corrected chi connectivity index (χ4v) is 5.07. The van der Waals surface area contributed by atoms with Crippen molar-refractivity contribution in [3.05, 3.63) is 5.89 Å². The first kappa shape index (κ1) is 24.2. The summed E-state index contributed by atoms with van der Waals surface area (Å²) in [7, 11) is 0. The first-order chi connectivity index (χ1) is 15.1. The molecule has 1 saturated carbocycles. The van der Waals surface area contributed by atoms with Gasteiger partial charge < -0.3 is 14.1 Å². The van der Waals surface area contributed by atoms with Crippen molar-refractivity contribution in [2.24, 2.45) is 5.92 Å². The van der Waals surface area contributed by atoms with Crippen molar-refractivity contribution in [2.75, 3.05) is 38.6 Å². The van der Waals surface area contributed by atoms with Gasteiger partial charge in [-0.05, 0) is 38.1 Å². The zero-order valence-corrected chi connectivity index (χ0v) is 19.6. The molecule has 0 bridgehead atoms. The summed E-state index contributed by atoms with van der Waals surface area (Å²) < 4.78 is 11.1. The van der Waals surface area contributed by atoms with Crippen LogP contribution in [-0.2, 0) is 9.53 Å². The highest BCUT2D eigenvalue weighted by atomic mass is 32.2. The number of amides is 1. The zero-order valence-electron chi connectivity index (χ0n) is 18.8. The molecule has 9 heteroatoms. The van der Waals surface area contributed by atoms with Gasteiger partial charge >= 0.3 is 0 Å². The Morgan fingerprint density at radius 2 is 1.97 bits per heavy atom. The number of ketones is 1. The van der Waals surface area contributed by atoms with Crippen LogP contribution in [0, 0.1) is 5.92 Å². The Hall–Kier alpha value is -1.45. The summed E-state index contributed by atoms with van der Waals surface area (Å²) in [5.74, 6) is 0.908. The molecule has 2 fully saturated rings. The maximum Gasteiger partial charge on any atom is 0.286 e. The van der Waals surface area contributed by atoms with Crippen LogP contribution in [0.5, 0.6) is 0 Å². The Bertz CT molecular complexity index is 687. The summed E-state index contributed by atoms with van der Waals surface area (Å²) in [6, 6.07) is -0.420. The second-order valence-corrected chi connectivity index (χ2v) is 9.93. The summed E-state index contributed by atoms with van der Waals surface area (Å²) in [5.41, 5.74) is 0. The van der Waals surface area contributed by atoms with E-state index in [0.717, 1.165) is 77.1 Å². The summed E-state index contributed by atoms with van der Waals surface area (Å²) in [6.45, 7) is 8.71. The highest BCUT2D eigenvalue weighted by Crippen LogP contribution is 2.27. The molecule has 2 heterocycles. The van der Waals surface area contributed by atoms with Gasteiger partial charge in [0, 0.05) is 24.9 Å². The van der Waals surface area contributed by atoms with Gasteiger partial charge in [0.15, 0.2) is 0 Å². The second kappa shape index (κ2) is 12.6. The van der Waals surface area contributed by atoms with Crippen LogP contribution >= 0.6 is 11.8 Å². The first-order valence-electron chi connectivity index (χ1n) is 11.6. The maximum absolute atomic E-state index is 13.2. The average Bonchev–Trinajstić information content (AvgIpc) is 3.26. The van der Waals surface area contributed by atoms with Gasteiger partial charge in [0.1, 0.15) is 6.04 Å². The standard InChI is InChI=1S/C22H36N4O4S/c1-17(2)15-19(26(16-27)18-7-4-3-5-8-18)20(28)21-23-24-22(30-21)31-14-6-9-25-10-12-29-13-11-25/h16-19H,3-15H2,1-2H3. The van der Waals surface area contributed by atoms with E-state index < -0.39 is 6.04 Å². The molecule has 0 radical (unpaired) electrons. The fourth-order valence-electron chi connectivity index (χ4n) is 4.39. The molecule has 1 saturated heterocycles. The number of rotatable bonds is 12. The minimum Gasteiger partial charge on any atom is -0.408 e. The van der Waals surface area contributed by atoms with Crippen molar-refractivity contribution >= 4 is 24.0 Å². The monoisotopic (exact) mass is 452 g/mol. The van der Waals surface area contributed by atoms with Crippen molar-refractivity contribution in [3.63, 3.8) is 0 Å². The molecule has 3 rings (SSSR count). The summed E-state index contributed by atoms with van der Waals surface area (Å²) in [6.07, 6.45) is 7.75. The SMILES string of the molecule is CC(C)CC(C(=O)c1nnc(SCCCN2CCOCC2)o1)N(C=O)C1CCCCC1. The summed E-state index contributed by atoms with van der Waals surface area (Å²) in [4.78, 5) is 29.3. The van der Waals surface area contributed by atoms with E-state index in [2.05, 4.69) is 28.9 Å². The third kappa shape index (κ3) is 7.29. The molecular formula is C22H36N4O4S. The highest BCUT2D eigenvalue weighted by Gasteiger charge is 2.35. The molecule has 0 aromatic carbocycles. The van der Waals surface area contributed by atoms with E-state index >= 15 is 0 Å². The molecule has 1 unspecified atom stereocenters. The number of Topliss-reactive ketones (excluding diaryl/α,β-unsaturated/α-hetero) is 1. The topological polar surface area (TPSA) is 88.8 Å². The first-order valence-corrected chi connectivity index (χ1v) is 12.6. The molecule has 1 aromatic heterocycles. The van der Waals surface area contributed by atoms with Gasteiger partial charge in [-0.15, -0.1) is 10.2 Å². The quantitative estimate of drug-likeness (QED) is 0.207.